The van der Waals surface area contributed by atoms with Crippen molar-refractivity contribution in [2.45, 2.75) is 32.0 Å². The molecule has 0 amide bonds. The molecule has 0 aliphatic carbocycles. The molecule has 1 aromatic carbocycles. The second kappa shape index (κ2) is 8.52. The van der Waals surface area contributed by atoms with Crippen LogP contribution in [0.3, 0.4) is 0 Å². The van der Waals surface area contributed by atoms with Gasteiger partial charge in [0.2, 0.25) is 10.0 Å². The molecule has 0 spiro atoms. The third kappa shape index (κ3) is 6.91. The van der Waals surface area contributed by atoms with Gasteiger partial charge in [-0.2, -0.15) is 4.31 Å². The van der Waals surface area contributed by atoms with Crippen LogP contribution in [-0.4, -0.2) is 44.8 Å². The molecule has 1 aromatic rings. The lowest BCUT2D eigenvalue weighted by Gasteiger charge is -2.23. The first-order valence-electron chi connectivity index (χ1n) is 7.47. The summed E-state index contributed by atoms with van der Waals surface area (Å²) in [6.07, 6.45) is -4.87. The van der Waals surface area contributed by atoms with Crippen molar-refractivity contribution in [3.8, 4) is 5.75 Å². The number of halogens is 3. The van der Waals surface area contributed by atoms with Gasteiger partial charge in [0.15, 0.2) is 0 Å². The topological polar surface area (TPSA) is 72.9 Å². The molecule has 142 valence electrons. The number of ether oxygens (including phenoxy) is 2. The fourth-order valence-electron chi connectivity index (χ4n) is 1.97. The van der Waals surface area contributed by atoms with Gasteiger partial charge in [-0.25, -0.2) is 8.42 Å². The van der Waals surface area contributed by atoms with Crippen molar-refractivity contribution in [1.29, 1.82) is 0 Å². The minimum absolute atomic E-state index is 0.0575. The van der Waals surface area contributed by atoms with Gasteiger partial charge < -0.3 is 9.47 Å². The van der Waals surface area contributed by atoms with Crippen molar-refractivity contribution in [3.05, 3.63) is 24.3 Å². The van der Waals surface area contributed by atoms with Crippen molar-refractivity contribution in [2.24, 2.45) is 5.92 Å². The van der Waals surface area contributed by atoms with E-state index >= 15 is 0 Å². The summed E-state index contributed by atoms with van der Waals surface area (Å²) in [5, 5.41) is 0. The van der Waals surface area contributed by atoms with E-state index in [1.807, 2.05) is 0 Å². The standard InChI is InChI=1S/C15H20F3NO5S/c1-4-23-14(20)10-19(9-11(2)3)25(21,22)13-7-5-12(6-8-13)24-15(16,17)18/h5-8,11H,4,9-10H2,1-3H3. The van der Waals surface area contributed by atoms with Crippen LogP contribution in [0.5, 0.6) is 5.75 Å². The predicted molar refractivity (Wildman–Crippen MR) is 83.4 cm³/mol. The van der Waals surface area contributed by atoms with E-state index in [1.54, 1.807) is 20.8 Å². The Bertz CT molecular complexity index is 671. The van der Waals surface area contributed by atoms with Crippen LogP contribution in [0.2, 0.25) is 0 Å². The van der Waals surface area contributed by atoms with Crippen LogP contribution in [0, 0.1) is 5.92 Å². The van der Waals surface area contributed by atoms with Crippen LogP contribution < -0.4 is 4.74 Å². The van der Waals surface area contributed by atoms with Crippen LogP contribution >= 0.6 is 0 Å². The first-order chi connectivity index (χ1) is 11.5. The van der Waals surface area contributed by atoms with Crippen molar-refractivity contribution in [2.75, 3.05) is 19.7 Å². The highest BCUT2D eigenvalue weighted by atomic mass is 32.2. The Morgan fingerprint density at radius 1 is 1.20 bits per heavy atom. The molecule has 0 aliphatic heterocycles. The number of esters is 1. The predicted octanol–water partition coefficient (Wildman–Crippen LogP) is 2.80. The Morgan fingerprint density at radius 3 is 2.20 bits per heavy atom. The van der Waals surface area contributed by atoms with Crippen molar-refractivity contribution < 1.29 is 35.9 Å². The fourth-order valence-corrected chi connectivity index (χ4v) is 3.52. The van der Waals surface area contributed by atoms with Gasteiger partial charge in [-0.15, -0.1) is 13.2 Å². The highest BCUT2D eigenvalue weighted by molar-refractivity contribution is 7.89. The van der Waals surface area contributed by atoms with E-state index in [4.69, 9.17) is 4.74 Å². The summed E-state index contributed by atoms with van der Waals surface area (Å²) in [5.74, 6) is -1.31. The molecule has 6 nitrogen and oxygen atoms in total. The summed E-state index contributed by atoms with van der Waals surface area (Å²) < 4.78 is 71.2. The number of rotatable bonds is 8. The largest absolute Gasteiger partial charge is 0.573 e. The zero-order valence-electron chi connectivity index (χ0n) is 14.0. The molecule has 0 bridgehead atoms. The quantitative estimate of drug-likeness (QED) is 0.646. The second-order valence-electron chi connectivity index (χ2n) is 5.52. The first kappa shape index (κ1) is 21.2. The SMILES string of the molecule is CCOC(=O)CN(CC(C)C)S(=O)(=O)c1ccc(OC(F)(F)F)cc1. The molecule has 0 heterocycles. The summed E-state index contributed by atoms with van der Waals surface area (Å²) in [5.41, 5.74) is 0. The number of carbonyl (C=O) groups excluding carboxylic acids is 1. The van der Waals surface area contributed by atoms with Gasteiger partial charge in [0.1, 0.15) is 12.3 Å². The minimum Gasteiger partial charge on any atom is -0.465 e. The third-order valence-electron chi connectivity index (χ3n) is 2.87. The molecule has 0 atom stereocenters. The molecule has 0 N–H and O–H groups in total. The maximum atomic E-state index is 12.7. The number of alkyl halides is 3. The molecule has 0 fully saturated rings. The normalized spacial score (nSPS) is 12.5. The Labute approximate surface area is 144 Å². The molecule has 0 aromatic heterocycles. The number of sulfonamides is 1. The average molecular weight is 383 g/mol. The monoisotopic (exact) mass is 383 g/mol. The number of carbonyl (C=O) groups is 1. The van der Waals surface area contributed by atoms with Crippen LogP contribution in [0.15, 0.2) is 29.2 Å². The number of hydrogen-bond acceptors (Lipinski definition) is 5. The van der Waals surface area contributed by atoms with Gasteiger partial charge in [0.05, 0.1) is 11.5 Å². The van der Waals surface area contributed by atoms with Gasteiger partial charge >= 0.3 is 12.3 Å². The molecular formula is C15H20F3NO5S. The van der Waals surface area contributed by atoms with Crippen LogP contribution in [0.4, 0.5) is 13.2 Å². The second-order valence-corrected chi connectivity index (χ2v) is 7.45. The highest BCUT2D eigenvalue weighted by Crippen LogP contribution is 2.25. The maximum absolute atomic E-state index is 12.7. The number of hydrogen-bond donors (Lipinski definition) is 0. The molecule has 25 heavy (non-hydrogen) atoms. The highest BCUT2D eigenvalue weighted by Gasteiger charge is 2.32. The van der Waals surface area contributed by atoms with Crippen molar-refractivity contribution in [3.63, 3.8) is 0 Å². The third-order valence-corrected chi connectivity index (χ3v) is 4.70. The number of nitrogens with zero attached hydrogens (tertiary/aromatic N) is 1. The zero-order valence-corrected chi connectivity index (χ0v) is 14.9. The van der Waals surface area contributed by atoms with Gasteiger partial charge in [-0.05, 0) is 37.1 Å². The van der Waals surface area contributed by atoms with Gasteiger partial charge in [0, 0.05) is 6.54 Å². The van der Waals surface area contributed by atoms with E-state index in [9.17, 15) is 26.4 Å². The summed E-state index contributed by atoms with van der Waals surface area (Å²) in [7, 11) is -4.07. The van der Waals surface area contributed by atoms with E-state index in [1.165, 1.54) is 0 Å². The summed E-state index contributed by atoms with van der Waals surface area (Å²) in [4.78, 5) is 11.4. The minimum atomic E-state index is -4.87. The Balaban J connectivity index is 3.05. The van der Waals surface area contributed by atoms with Gasteiger partial charge in [-0.3, -0.25) is 4.79 Å². The van der Waals surface area contributed by atoms with E-state index in [-0.39, 0.29) is 24.0 Å². The molecule has 0 radical (unpaired) electrons. The zero-order chi connectivity index (χ0) is 19.3. The summed E-state index contributed by atoms with van der Waals surface area (Å²) >= 11 is 0. The molecule has 1 rings (SSSR count). The van der Waals surface area contributed by atoms with E-state index < -0.39 is 34.6 Å². The Morgan fingerprint density at radius 2 is 1.76 bits per heavy atom. The molecule has 0 unspecified atom stereocenters. The first-order valence-corrected chi connectivity index (χ1v) is 8.91. The van der Waals surface area contributed by atoms with E-state index in [0.29, 0.717) is 0 Å². The van der Waals surface area contributed by atoms with Crippen molar-refractivity contribution >= 4 is 16.0 Å². The fraction of sp³-hybridized carbons (Fsp3) is 0.533. The lowest BCUT2D eigenvalue weighted by Crippen LogP contribution is -2.38. The van der Waals surface area contributed by atoms with Gasteiger partial charge in [-0.1, -0.05) is 13.8 Å². The summed E-state index contributed by atoms with van der Waals surface area (Å²) in [6, 6.07) is 3.79. The Kier molecular flexibility index (Phi) is 7.24. The van der Waals surface area contributed by atoms with Crippen LogP contribution in [-0.2, 0) is 19.6 Å². The molecule has 0 saturated carbocycles. The van der Waals surface area contributed by atoms with E-state index in [0.717, 1.165) is 28.6 Å². The lowest BCUT2D eigenvalue weighted by molar-refractivity contribution is -0.274. The lowest BCUT2D eigenvalue weighted by atomic mass is 10.2. The maximum Gasteiger partial charge on any atom is 0.573 e. The van der Waals surface area contributed by atoms with E-state index in [2.05, 4.69) is 4.74 Å². The Hall–Kier alpha value is -1.81. The molecule has 0 saturated heterocycles. The molecule has 0 aliphatic rings. The molecular weight excluding hydrogens is 363 g/mol. The average Bonchev–Trinajstić information content (AvgIpc) is 2.45. The number of benzene rings is 1. The smallest absolute Gasteiger partial charge is 0.465 e. The van der Waals surface area contributed by atoms with Crippen LogP contribution in [0.25, 0.3) is 0 Å². The van der Waals surface area contributed by atoms with Crippen molar-refractivity contribution in [1.82, 2.24) is 4.31 Å². The van der Waals surface area contributed by atoms with Crippen LogP contribution in [0.1, 0.15) is 20.8 Å². The molecule has 10 heteroatoms. The van der Waals surface area contributed by atoms with Gasteiger partial charge in [0.25, 0.3) is 0 Å². The summed E-state index contributed by atoms with van der Waals surface area (Å²) in [6.45, 7) is 4.83.